The van der Waals surface area contributed by atoms with Gasteiger partial charge in [-0.1, -0.05) is 0 Å². The minimum atomic E-state index is -4.46. The Bertz CT molecular complexity index is 254. The first-order valence-electron chi connectivity index (χ1n) is 3.19. The molecule has 1 heterocycles. The SMILES string of the molecule is C[N+]1(C)NC(=O)C=C1C(F)(F)F. The molecule has 0 unspecified atom stereocenters. The molecule has 1 N–H and O–H groups in total. The highest BCUT2D eigenvalue weighted by Crippen LogP contribution is 2.32. The van der Waals surface area contributed by atoms with Crippen LogP contribution in [0.3, 0.4) is 0 Å². The summed E-state index contributed by atoms with van der Waals surface area (Å²) in [6, 6.07) is 0. The molecule has 0 radical (unpaired) electrons. The zero-order chi connectivity index (χ0) is 9.57. The maximum atomic E-state index is 12.2. The average molecular weight is 181 g/mol. The number of carbonyl (C=O) groups excluding carboxylic acids is 1. The molecule has 0 fully saturated rings. The molecule has 0 aromatic carbocycles. The molecule has 1 aliphatic heterocycles. The van der Waals surface area contributed by atoms with Gasteiger partial charge < -0.3 is 0 Å². The molecule has 0 aromatic rings. The van der Waals surface area contributed by atoms with E-state index in [1.54, 1.807) is 0 Å². The van der Waals surface area contributed by atoms with E-state index in [9.17, 15) is 18.0 Å². The zero-order valence-electron chi connectivity index (χ0n) is 6.57. The summed E-state index contributed by atoms with van der Waals surface area (Å²) in [5.74, 6) is -0.715. The highest BCUT2D eigenvalue weighted by Gasteiger charge is 2.50. The van der Waals surface area contributed by atoms with Crippen LogP contribution in [0.15, 0.2) is 11.8 Å². The number of quaternary nitrogens is 1. The van der Waals surface area contributed by atoms with Crippen molar-refractivity contribution >= 4 is 5.91 Å². The molecule has 12 heavy (non-hydrogen) atoms. The Hall–Kier alpha value is -1.04. The molecule has 1 aliphatic rings. The van der Waals surface area contributed by atoms with Crippen molar-refractivity contribution in [2.45, 2.75) is 6.18 Å². The van der Waals surface area contributed by atoms with Crippen LogP contribution < -0.4 is 5.43 Å². The summed E-state index contributed by atoms with van der Waals surface area (Å²) in [6.07, 6.45) is -3.89. The van der Waals surface area contributed by atoms with E-state index in [1.165, 1.54) is 14.1 Å². The normalized spacial score (nSPS) is 22.1. The summed E-state index contributed by atoms with van der Waals surface area (Å²) in [5.41, 5.74) is 1.25. The number of allylic oxidation sites excluding steroid dienone is 1. The largest absolute Gasteiger partial charge is 0.469 e. The van der Waals surface area contributed by atoms with E-state index in [4.69, 9.17) is 0 Å². The van der Waals surface area contributed by atoms with E-state index in [1.807, 2.05) is 0 Å². The predicted octanol–water partition coefficient (Wildman–Crippen LogP) is 0.554. The van der Waals surface area contributed by atoms with Gasteiger partial charge in [0.1, 0.15) is 0 Å². The number of nitrogens with one attached hydrogen (secondary N) is 1. The van der Waals surface area contributed by atoms with Gasteiger partial charge in [-0.2, -0.15) is 23.2 Å². The van der Waals surface area contributed by atoms with Crippen LogP contribution in [0.4, 0.5) is 13.2 Å². The molecule has 0 saturated heterocycles. The van der Waals surface area contributed by atoms with Gasteiger partial charge in [0.05, 0.1) is 20.2 Å². The standard InChI is InChI=1S/C6H7F3N2O/c1-11(2)4(6(7,8)9)3-5(12)10-11/h3H,1-2H3/p+1. The van der Waals surface area contributed by atoms with Crippen LogP contribution in [0.1, 0.15) is 0 Å². The molecule has 0 atom stereocenters. The number of amides is 1. The molecule has 0 aliphatic carbocycles. The lowest BCUT2D eigenvalue weighted by Crippen LogP contribution is -2.51. The molecule has 1 rings (SSSR count). The highest BCUT2D eigenvalue weighted by atomic mass is 19.4. The molecule has 0 aromatic heterocycles. The Morgan fingerprint density at radius 1 is 1.42 bits per heavy atom. The summed E-state index contributed by atoms with van der Waals surface area (Å²) < 4.78 is 35.8. The van der Waals surface area contributed by atoms with Gasteiger partial charge in [-0.3, -0.25) is 4.79 Å². The van der Waals surface area contributed by atoms with Crippen molar-refractivity contribution in [3.8, 4) is 0 Å². The molecule has 3 nitrogen and oxygen atoms in total. The van der Waals surface area contributed by atoms with Crippen molar-refractivity contribution in [2.24, 2.45) is 0 Å². The van der Waals surface area contributed by atoms with Gasteiger partial charge in [0.25, 0.3) is 5.91 Å². The number of alkyl halides is 3. The summed E-state index contributed by atoms with van der Waals surface area (Å²) >= 11 is 0. The third-order valence-electron chi connectivity index (χ3n) is 1.55. The Balaban J connectivity index is 3.04. The minimum Gasteiger partial charge on any atom is -0.265 e. The summed E-state index contributed by atoms with van der Waals surface area (Å²) in [7, 11) is 2.51. The smallest absolute Gasteiger partial charge is 0.265 e. The first-order chi connectivity index (χ1) is 5.23. The number of halogens is 3. The fraction of sp³-hybridized carbons (Fsp3) is 0.500. The lowest BCUT2D eigenvalue weighted by molar-refractivity contribution is -0.892. The Kier molecular flexibility index (Phi) is 1.68. The monoisotopic (exact) mass is 181 g/mol. The molecule has 0 spiro atoms. The minimum absolute atomic E-state index is 0.569. The third-order valence-corrected chi connectivity index (χ3v) is 1.55. The van der Waals surface area contributed by atoms with Crippen LogP contribution in [0.2, 0.25) is 0 Å². The number of rotatable bonds is 0. The van der Waals surface area contributed by atoms with Crippen molar-refractivity contribution in [3.05, 3.63) is 11.8 Å². The summed E-state index contributed by atoms with van der Waals surface area (Å²) in [5, 5.41) is 0. The van der Waals surface area contributed by atoms with Crippen molar-refractivity contribution in [3.63, 3.8) is 0 Å². The Morgan fingerprint density at radius 2 is 1.92 bits per heavy atom. The van der Waals surface area contributed by atoms with Gasteiger partial charge in [0, 0.05) is 0 Å². The fourth-order valence-electron chi connectivity index (χ4n) is 1.05. The zero-order valence-corrected chi connectivity index (χ0v) is 6.57. The first kappa shape index (κ1) is 9.05. The topological polar surface area (TPSA) is 29.1 Å². The van der Waals surface area contributed by atoms with Crippen LogP contribution in [0.25, 0.3) is 0 Å². The third kappa shape index (κ3) is 1.42. The van der Waals surface area contributed by atoms with E-state index in [-0.39, 0.29) is 0 Å². The summed E-state index contributed by atoms with van der Waals surface area (Å²) in [4.78, 5) is 10.6. The molecular weight excluding hydrogens is 173 g/mol. The van der Waals surface area contributed by atoms with Crippen molar-refractivity contribution in [1.29, 1.82) is 0 Å². The van der Waals surface area contributed by atoms with Crippen molar-refractivity contribution < 1.29 is 22.6 Å². The van der Waals surface area contributed by atoms with Gasteiger partial charge in [0.15, 0.2) is 0 Å². The second kappa shape index (κ2) is 2.22. The molecule has 0 saturated carbocycles. The quantitative estimate of drug-likeness (QED) is 0.543. The number of hydrogen-bond donors (Lipinski definition) is 1. The second-order valence-corrected chi connectivity index (χ2v) is 2.96. The number of carbonyl (C=O) groups is 1. The van der Waals surface area contributed by atoms with Crippen LogP contribution >= 0.6 is 0 Å². The van der Waals surface area contributed by atoms with Gasteiger partial charge in [0.2, 0.25) is 5.70 Å². The van der Waals surface area contributed by atoms with E-state index in [0.29, 0.717) is 6.08 Å². The highest BCUT2D eigenvalue weighted by molar-refractivity contribution is 5.88. The Labute approximate surface area is 67.0 Å². The van der Waals surface area contributed by atoms with Crippen molar-refractivity contribution in [1.82, 2.24) is 5.43 Å². The fourth-order valence-corrected chi connectivity index (χ4v) is 1.05. The second-order valence-electron chi connectivity index (χ2n) is 2.96. The average Bonchev–Trinajstić information content (AvgIpc) is 2.02. The lowest BCUT2D eigenvalue weighted by Gasteiger charge is -2.25. The lowest BCUT2D eigenvalue weighted by atomic mass is 10.4. The maximum Gasteiger partial charge on any atom is 0.469 e. The molecule has 1 amide bonds. The molecule has 6 heteroatoms. The van der Waals surface area contributed by atoms with Crippen LogP contribution in [0, 0.1) is 0 Å². The number of hydrogen-bond acceptors (Lipinski definition) is 1. The van der Waals surface area contributed by atoms with E-state index in [0.717, 1.165) is 0 Å². The van der Waals surface area contributed by atoms with Crippen LogP contribution in [0.5, 0.6) is 0 Å². The summed E-state index contributed by atoms with van der Waals surface area (Å²) in [6.45, 7) is 0. The van der Waals surface area contributed by atoms with Crippen LogP contribution in [-0.2, 0) is 4.79 Å². The Morgan fingerprint density at radius 3 is 2.08 bits per heavy atom. The van der Waals surface area contributed by atoms with Gasteiger partial charge in [-0.15, -0.1) is 0 Å². The van der Waals surface area contributed by atoms with E-state index < -0.39 is 22.4 Å². The van der Waals surface area contributed by atoms with Gasteiger partial charge in [-0.05, 0) is 0 Å². The predicted molar refractivity (Wildman–Crippen MR) is 34.4 cm³/mol. The first-order valence-corrected chi connectivity index (χ1v) is 3.19. The molecular formula is C6H8F3N2O+. The van der Waals surface area contributed by atoms with E-state index >= 15 is 0 Å². The van der Waals surface area contributed by atoms with Gasteiger partial charge >= 0.3 is 6.18 Å². The van der Waals surface area contributed by atoms with Gasteiger partial charge in [-0.25, -0.2) is 0 Å². The van der Waals surface area contributed by atoms with E-state index in [2.05, 4.69) is 5.43 Å². The van der Waals surface area contributed by atoms with Crippen molar-refractivity contribution in [2.75, 3.05) is 14.1 Å². The molecule has 68 valence electrons. The molecule has 0 bridgehead atoms. The maximum absolute atomic E-state index is 12.2. The number of nitrogens with zero attached hydrogens (tertiary/aromatic N) is 1. The van der Waals surface area contributed by atoms with Crippen LogP contribution in [-0.4, -0.2) is 30.8 Å².